The molecule has 0 aromatic heterocycles. The van der Waals surface area contributed by atoms with Crippen molar-refractivity contribution in [3.05, 3.63) is 35.9 Å². The van der Waals surface area contributed by atoms with Gasteiger partial charge in [0.1, 0.15) is 11.6 Å². The third-order valence-electron chi connectivity index (χ3n) is 3.75. The summed E-state index contributed by atoms with van der Waals surface area (Å²) in [5.74, 6) is 0.857. The summed E-state index contributed by atoms with van der Waals surface area (Å²) in [5.41, 5.74) is 1.24. The van der Waals surface area contributed by atoms with Crippen molar-refractivity contribution in [3.8, 4) is 0 Å². The van der Waals surface area contributed by atoms with Crippen molar-refractivity contribution in [2.75, 3.05) is 0 Å². The second-order valence-electron chi connectivity index (χ2n) is 4.77. The van der Waals surface area contributed by atoms with E-state index in [0.29, 0.717) is 0 Å². The Hall–Kier alpha value is -1.31. The lowest BCUT2D eigenvalue weighted by Gasteiger charge is -2.35. The predicted molar refractivity (Wildman–Crippen MR) is 64.6 cm³/mol. The van der Waals surface area contributed by atoms with Crippen LogP contribution in [-0.2, 0) is 10.3 Å². The summed E-state index contributed by atoms with van der Waals surface area (Å²) in [6, 6.07) is 10.6. The number of aliphatic imine (C=N–C) groups is 1. The molecule has 0 spiro atoms. The molecule has 0 amide bonds. The van der Waals surface area contributed by atoms with Crippen LogP contribution in [0.1, 0.15) is 38.2 Å². The van der Waals surface area contributed by atoms with Gasteiger partial charge in [-0.3, -0.25) is 0 Å². The molecule has 0 saturated heterocycles. The summed E-state index contributed by atoms with van der Waals surface area (Å²) in [7, 11) is 0. The van der Waals surface area contributed by atoms with Crippen molar-refractivity contribution in [3.63, 3.8) is 0 Å². The van der Waals surface area contributed by atoms with Crippen molar-refractivity contribution in [2.45, 2.75) is 44.2 Å². The van der Waals surface area contributed by atoms with E-state index in [9.17, 15) is 0 Å². The van der Waals surface area contributed by atoms with Gasteiger partial charge in [-0.15, -0.1) is 0 Å². The standard InChI is InChI=1S/C14H17NO/c1-11-15-14(12-7-3-2-4-8-12)10-6-5-9-13(14)16-11/h2-4,7-8,13H,5-6,9-10H2,1H3/t13-,14-/m0/s1. The molecular weight excluding hydrogens is 198 g/mol. The Bertz CT molecular complexity index is 412. The highest BCUT2D eigenvalue weighted by atomic mass is 16.5. The predicted octanol–water partition coefficient (Wildman–Crippen LogP) is 3.27. The molecule has 2 atom stereocenters. The fourth-order valence-electron chi connectivity index (χ4n) is 3.04. The summed E-state index contributed by atoms with van der Waals surface area (Å²) >= 11 is 0. The Morgan fingerprint density at radius 3 is 2.88 bits per heavy atom. The zero-order valence-corrected chi connectivity index (χ0v) is 9.65. The van der Waals surface area contributed by atoms with Gasteiger partial charge in [-0.1, -0.05) is 36.8 Å². The number of fused-ring (bicyclic) bond motifs is 1. The van der Waals surface area contributed by atoms with Crippen LogP contribution in [0.25, 0.3) is 0 Å². The van der Waals surface area contributed by atoms with Crippen molar-refractivity contribution >= 4 is 5.90 Å². The molecule has 1 aliphatic carbocycles. The molecule has 1 saturated carbocycles. The maximum atomic E-state index is 5.87. The summed E-state index contributed by atoms with van der Waals surface area (Å²) < 4.78 is 5.87. The largest absolute Gasteiger partial charge is 0.475 e. The van der Waals surface area contributed by atoms with E-state index >= 15 is 0 Å². The Morgan fingerprint density at radius 2 is 2.06 bits per heavy atom. The summed E-state index contributed by atoms with van der Waals surface area (Å²) in [5, 5.41) is 0. The van der Waals surface area contributed by atoms with Gasteiger partial charge < -0.3 is 4.74 Å². The minimum Gasteiger partial charge on any atom is -0.475 e. The van der Waals surface area contributed by atoms with Crippen LogP contribution in [0.2, 0.25) is 0 Å². The van der Waals surface area contributed by atoms with Crippen LogP contribution >= 0.6 is 0 Å². The van der Waals surface area contributed by atoms with Gasteiger partial charge >= 0.3 is 0 Å². The minimum absolute atomic E-state index is 0.0798. The Morgan fingerprint density at radius 1 is 1.25 bits per heavy atom. The second-order valence-corrected chi connectivity index (χ2v) is 4.77. The molecule has 2 nitrogen and oxygen atoms in total. The highest BCUT2D eigenvalue weighted by Gasteiger charge is 2.47. The normalized spacial score (nSPS) is 32.8. The number of nitrogens with zero attached hydrogens (tertiary/aromatic N) is 1. The van der Waals surface area contributed by atoms with Crippen LogP contribution in [0.5, 0.6) is 0 Å². The van der Waals surface area contributed by atoms with E-state index in [4.69, 9.17) is 9.73 Å². The number of rotatable bonds is 1. The Balaban J connectivity index is 2.06. The molecule has 1 aromatic rings. The molecule has 16 heavy (non-hydrogen) atoms. The fraction of sp³-hybridized carbons (Fsp3) is 0.500. The molecule has 0 bridgehead atoms. The molecular formula is C14H17NO. The van der Waals surface area contributed by atoms with Crippen LogP contribution in [0.3, 0.4) is 0 Å². The third kappa shape index (κ3) is 1.36. The van der Waals surface area contributed by atoms with E-state index in [1.54, 1.807) is 0 Å². The van der Waals surface area contributed by atoms with E-state index in [1.807, 2.05) is 6.92 Å². The molecule has 1 fully saturated rings. The van der Waals surface area contributed by atoms with Gasteiger partial charge in [0.25, 0.3) is 0 Å². The van der Waals surface area contributed by atoms with E-state index < -0.39 is 0 Å². The molecule has 84 valence electrons. The van der Waals surface area contributed by atoms with Gasteiger partial charge in [-0.05, 0) is 24.8 Å². The SMILES string of the molecule is CC1=N[C@]2(c3ccccc3)CCCC[C@@H]2O1. The third-order valence-corrected chi connectivity index (χ3v) is 3.75. The number of hydrogen-bond donors (Lipinski definition) is 0. The molecule has 3 rings (SSSR count). The van der Waals surface area contributed by atoms with Gasteiger partial charge in [-0.25, -0.2) is 4.99 Å². The first-order chi connectivity index (χ1) is 7.81. The minimum atomic E-state index is -0.0798. The molecule has 0 N–H and O–H groups in total. The lowest BCUT2D eigenvalue weighted by Crippen LogP contribution is -2.38. The monoisotopic (exact) mass is 215 g/mol. The van der Waals surface area contributed by atoms with Gasteiger partial charge in [0.2, 0.25) is 0 Å². The molecule has 1 aliphatic heterocycles. The van der Waals surface area contributed by atoms with Crippen LogP contribution in [-0.4, -0.2) is 12.0 Å². The van der Waals surface area contributed by atoms with Crippen molar-refractivity contribution in [1.82, 2.24) is 0 Å². The molecule has 2 heteroatoms. The van der Waals surface area contributed by atoms with Crippen LogP contribution in [0.4, 0.5) is 0 Å². The fourth-order valence-corrected chi connectivity index (χ4v) is 3.04. The zero-order chi connectivity index (χ0) is 11.0. The second kappa shape index (κ2) is 3.62. The van der Waals surface area contributed by atoms with Gasteiger partial charge in [-0.2, -0.15) is 0 Å². The highest BCUT2D eigenvalue weighted by Crippen LogP contribution is 2.45. The van der Waals surface area contributed by atoms with Crippen molar-refractivity contribution in [1.29, 1.82) is 0 Å². The first-order valence-electron chi connectivity index (χ1n) is 6.10. The van der Waals surface area contributed by atoms with E-state index in [1.165, 1.54) is 18.4 Å². The lowest BCUT2D eigenvalue weighted by molar-refractivity contribution is 0.0913. The van der Waals surface area contributed by atoms with Crippen molar-refractivity contribution in [2.24, 2.45) is 4.99 Å². The average Bonchev–Trinajstić information content (AvgIpc) is 2.67. The molecule has 0 unspecified atom stereocenters. The molecule has 1 heterocycles. The zero-order valence-electron chi connectivity index (χ0n) is 9.65. The first-order valence-corrected chi connectivity index (χ1v) is 6.10. The summed E-state index contributed by atoms with van der Waals surface area (Å²) in [6.45, 7) is 1.98. The maximum Gasteiger partial charge on any atom is 0.181 e. The van der Waals surface area contributed by atoms with Crippen molar-refractivity contribution < 1.29 is 4.74 Å². The van der Waals surface area contributed by atoms with E-state index in [2.05, 4.69) is 30.3 Å². The lowest BCUT2D eigenvalue weighted by atomic mass is 9.75. The first kappa shape index (κ1) is 9.88. The average molecular weight is 215 g/mol. The highest BCUT2D eigenvalue weighted by molar-refractivity contribution is 5.76. The van der Waals surface area contributed by atoms with Crippen LogP contribution in [0, 0.1) is 0 Å². The van der Waals surface area contributed by atoms with Crippen LogP contribution in [0.15, 0.2) is 35.3 Å². The van der Waals surface area contributed by atoms with Crippen LogP contribution < -0.4 is 0 Å². The van der Waals surface area contributed by atoms with E-state index in [0.717, 1.165) is 18.7 Å². The number of ether oxygens (including phenoxy) is 1. The molecule has 1 aromatic carbocycles. The maximum absolute atomic E-state index is 5.87. The molecule has 0 radical (unpaired) electrons. The summed E-state index contributed by atoms with van der Waals surface area (Å²) in [6.07, 6.45) is 5.05. The van der Waals surface area contributed by atoms with Gasteiger partial charge in [0, 0.05) is 6.92 Å². The number of hydrogen-bond acceptors (Lipinski definition) is 2. The molecule has 2 aliphatic rings. The Labute approximate surface area is 96.3 Å². The smallest absolute Gasteiger partial charge is 0.181 e. The van der Waals surface area contributed by atoms with Gasteiger partial charge in [0.15, 0.2) is 5.90 Å². The van der Waals surface area contributed by atoms with E-state index in [-0.39, 0.29) is 11.6 Å². The number of benzene rings is 1. The Kier molecular flexibility index (Phi) is 2.23. The summed E-state index contributed by atoms with van der Waals surface area (Å²) in [4.78, 5) is 4.81. The quantitative estimate of drug-likeness (QED) is 0.704. The topological polar surface area (TPSA) is 21.6 Å². The van der Waals surface area contributed by atoms with Gasteiger partial charge in [0.05, 0.1) is 0 Å².